The average molecular weight is 229 g/mol. The molecular formula is C9H15N3O2S. The fraction of sp³-hybridized carbons (Fsp3) is 0.667. The molecule has 1 heterocycles. The van der Waals surface area contributed by atoms with Crippen LogP contribution in [0.15, 0.2) is 6.20 Å². The third kappa shape index (κ3) is 3.64. The lowest BCUT2D eigenvalue weighted by Gasteiger charge is -1.98. The van der Waals surface area contributed by atoms with Crippen molar-refractivity contribution in [3.63, 3.8) is 0 Å². The summed E-state index contributed by atoms with van der Waals surface area (Å²) in [7, 11) is -3.00. The normalized spacial score (nSPS) is 16.9. The van der Waals surface area contributed by atoms with Gasteiger partial charge in [-0.15, -0.1) is 0 Å². The third-order valence-electron chi connectivity index (χ3n) is 2.24. The second-order valence-electron chi connectivity index (χ2n) is 4.08. The van der Waals surface area contributed by atoms with Crippen LogP contribution >= 0.6 is 0 Å². The molecule has 1 aromatic heterocycles. The molecule has 0 bridgehead atoms. The molecular weight excluding hydrogens is 214 g/mol. The van der Waals surface area contributed by atoms with Crippen molar-refractivity contribution in [2.45, 2.75) is 31.2 Å². The van der Waals surface area contributed by atoms with E-state index in [0.29, 0.717) is 11.9 Å². The van der Waals surface area contributed by atoms with E-state index >= 15 is 0 Å². The predicted octanol–water partition coefficient (Wildman–Crippen LogP) is 0.206. The molecule has 0 radical (unpaired) electrons. The Hall–Kier alpha value is -0.880. The highest BCUT2D eigenvalue weighted by Crippen LogP contribution is 2.19. The van der Waals surface area contributed by atoms with Crippen LogP contribution in [0.2, 0.25) is 0 Å². The van der Waals surface area contributed by atoms with E-state index in [2.05, 4.69) is 15.3 Å². The minimum atomic E-state index is -3.00. The minimum Gasteiger partial charge on any atom is -0.344 e. The Kier molecular flexibility index (Phi) is 2.79. The molecule has 1 aliphatic rings. The van der Waals surface area contributed by atoms with Gasteiger partial charge in [-0.1, -0.05) is 0 Å². The molecule has 1 fully saturated rings. The molecule has 15 heavy (non-hydrogen) atoms. The van der Waals surface area contributed by atoms with Crippen LogP contribution < -0.4 is 5.32 Å². The second-order valence-corrected chi connectivity index (χ2v) is 6.22. The van der Waals surface area contributed by atoms with Gasteiger partial charge in [-0.3, -0.25) is 0 Å². The summed E-state index contributed by atoms with van der Waals surface area (Å²) in [5, 5.41) is 3.33. The van der Waals surface area contributed by atoms with Crippen LogP contribution in [0.5, 0.6) is 0 Å². The first kappa shape index (κ1) is 10.6. The summed E-state index contributed by atoms with van der Waals surface area (Å²) >= 11 is 0. The summed E-state index contributed by atoms with van der Waals surface area (Å²) in [6.45, 7) is 0.738. The molecule has 1 aliphatic carbocycles. The first-order valence-electron chi connectivity index (χ1n) is 4.97. The summed E-state index contributed by atoms with van der Waals surface area (Å²) in [5.74, 6) is 0.501. The summed E-state index contributed by atoms with van der Waals surface area (Å²) in [4.78, 5) is 7.03. The van der Waals surface area contributed by atoms with Crippen molar-refractivity contribution in [1.82, 2.24) is 15.3 Å². The number of sulfone groups is 1. The quantitative estimate of drug-likeness (QED) is 0.756. The van der Waals surface area contributed by atoms with E-state index in [-0.39, 0.29) is 5.75 Å². The van der Waals surface area contributed by atoms with Gasteiger partial charge in [0, 0.05) is 30.7 Å². The van der Waals surface area contributed by atoms with Gasteiger partial charge in [-0.25, -0.2) is 13.4 Å². The fourth-order valence-electron chi connectivity index (χ4n) is 1.36. The van der Waals surface area contributed by atoms with Gasteiger partial charge in [0.05, 0.1) is 0 Å². The van der Waals surface area contributed by atoms with E-state index in [4.69, 9.17) is 0 Å². The van der Waals surface area contributed by atoms with E-state index in [0.717, 1.165) is 12.2 Å². The Balaban J connectivity index is 1.90. The molecule has 2 N–H and O–H groups in total. The number of aromatic amines is 1. The van der Waals surface area contributed by atoms with Crippen LogP contribution in [0.1, 0.15) is 24.4 Å². The highest BCUT2D eigenvalue weighted by Gasteiger charge is 2.20. The van der Waals surface area contributed by atoms with Gasteiger partial charge < -0.3 is 10.3 Å². The van der Waals surface area contributed by atoms with Gasteiger partial charge in [0.15, 0.2) is 9.84 Å². The maximum atomic E-state index is 11.0. The van der Waals surface area contributed by atoms with Crippen molar-refractivity contribution in [3.8, 4) is 0 Å². The van der Waals surface area contributed by atoms with Crippen molar-refractivity contribution in [3.05, 3.63) is 17.7 Å². The zero-order valence-corrected chi connectivity index (χ0v) is 9.47. The van der Waals surface area contributed by atoms with Crippen molar-refractivity contribution < 1.29 is 8.42 Å². The van der Waals surface area contributed by atoms with Crippen LogP contribution in [-0.2, 0) is 22.1 Å². The largest absolute Gasteiger partial charge is 0.344 e. The van der Waals surface area contributed by atoms with E-state index in [1.165, 1.54) is 19.1 Å². The summed E-state index contributed by atoms with van der Waals surface area (Å²) in [6.07, 6.45) is 5.38. The van der Waals surface area contributed by atoms with Crippen LogP contribution in [0.4, 0.5) is 0 Å². The molecule has 5 nitrogen and oxygen atoms in total. The van der Waals surface area contributed by atoms with Gasteiger partial charge >= 0.3 is 0 Å². The molecule has 0 aliphatic heterocycles. The molecule has 6 heteroatoms. The summed E-state index contributed by atoms with van der Waals surface area (Å²) < 4.78 is 22.0. The first-order chi connectivity index (χ1) is 7.03. The molecule has 0 amide bonds. The Labute approximate surface area is 89.2 Å². The Morgan fingerprint density at radius 1 is 1.60 bits per heavy atom. The maximum Gasteiger partial charge on any atom is 0.154 e. The molecule has 0 aromatic carbocycles. The Bertz CT molecular complexity index is 434. The average Bonchev–Trinajstić information content (AvgIpc) is 2.83. The highest BCUT2D eigenvalue weighted by molar-refractivity contribution is 7.89. The van der Waals surface area contributed by atoms with Crippen LogP contribution in [0, 0.1) is 0 Å². The second kappa shape index (κ2) is 3.94. The number of imidazole rings is 1. The van der Waals surface area contributed by atoms with Gasteiger partial charge in [-0.2, -0.15) is 0 Å². The van der Waals surface area contributed by atoms with Crippen molar-refractivity contribution in [2.75, 3.05) is 6.26 Å². The summed E-state index contributed by atoms with van der Waals surface area (Å²) in [5.41, 5.74) is 0.945. The molecule has 1 saturated carbocycles. The SMILES string of the molecule is CS(=O)(=O)Cc1ncc(CNC2CC2)[nH]1. The standard InChI is InChI=1S/C9H15N3O2S/c1-15(13,14)6-9-11-5-8(12-9)4-10-7-2-3-7/h5,7,10H,2-4,6H2,1H3,(H,11,12). The molecule has 0 atom stereocenters. The molecule has 0 unspecified atom stereocenters. The molecule has 2 rings (SSSR count). The number of rotatable bonds is 5. The highest BCUT2D eigenvalue weighted by atomic mass is 32.2. The van der Waals surface area contributed by atoms with Crippen LogP contribution in [-0.4, -0.2) is 30.7 Å². The first-order valence-corrected chi connectivity index (χ1v) is 7.03. The van der Waals surface area contributed by atoms with Crippen LogP contribution in [0.3, 0.4) is 0 Å². The molecule has 0 spiro atoms. The Morgan fingerprint density at radius 3 is 2.93 bits per heavy atom. The number of hydrogen-bond donors (Lipinski definition) is 2. The lowest BCUT2D eigenvalue weighted by Crippen LogP contribution is -2.15. The van der Waals surface area contributed by atoms with E-state index in [1.54, 1.807) is 6.20 Å². The van der Waals surface area contributed by atoms with E-state index < -0.39 is 9.84 Å². The van der Waals surface area contributed by atoms with E-state index in [1.807, 2.05) is 0 Å². The van der Waals surface area contributed by atoms with Crippen LogP contribution in [0.25, 0.3) is 0 Å². The monoisotopic (exact) mass is 229 g/mol. The van der Waals surface area contributed by atoms with Gasteiger partial charge in [0.2, 0.25) is 0 Å². The van der Waals surface area contributed by atoms with Crippen molar-refractivity contribution in [1.29, 1.82) is 0 Å². The molecule has 84 valence electrons. The fourth-order valence-corrected chi connectivity index (χ4v) is 2.00. The molecule has 1 aromatic rings. The van der Waals surface area contributed by atoms with Crippen molar-refractivity contribution >= 4 is 9.84 Å². The Morgan fingerprint density at radius 2 is 2.33 bits per heavy atom. The lowest BCUT2D eigenvalue weighted by atomic mass is 10.4. The van der Waals surface area contributed by atoms with Crippen molar-refractivity contribution in [2.24, 2.45) is 0 Å². The lowest BCUT2D eigenvalue weighted by molar-refractivity contribution is 0.599. The third-order valence-corrected chi connectivity index (χ3v) is 3.04. The topological polar surface area (TPSA) is 74.8 Å². The predicted molar refractivity (Wildman–Crippen MR) is 57.0 cm³/mol. The van der Waals surface area contributed by atoms with E-state index in [9.17, 15) is 8.42 Å². The summed E-state index contributed by atoms with van der Waals surface area (Å²) in [6, 6.07) is 0.645. The number of nitrogens with one attached hydrogen (secondary N) is 2. The van der Waals surface area contributed by atoms with Gasteiger partial charge in [0.25, 0.3) is 0 Å². The number of nitrogens with zero attached hydrogens (tertiary/aromatic N) is 1. The minimum absolute atomic E-state index is 0.0174. The zero-order valence-electron chi connectivity index (χ0n) is 8.66. The number of hydrogen-bond acceptors (Lipinski definition) is 4. The number of aromatic nitrogens is 2. The molecule has 0 saturated heterocycles. The van der Waals surface area contributed by atoms with Gasteiger partial charge in [-0.05, 0) is 12.8 Å². The zero-order chi connectivity index (χ0) is 10.9. The maximum absolute atomic E-state index is 11.0. The smallest absolute Gasteiger partial charge is 0.154 e. The van der Waals surface area contributed by atoms with Gasteiger partial charge in [0.1, 0.15) is 11.6 Å². The number of H-pyrrole nitrogens is 1.